The molecule has 0 aliphatic carbocycles. The molecule has 0 heterocycles. The summed E-state index contributed by atoms with van der Waals surface area (Å²) < 4.78 is 27.1. The van der Waals surface area contributed by atoms with Gasteiger partial charge in [0.15, 0.2) is 0 Å². The fraction of sp³-hybridized carbons (Fsp3) is 0.278. The molecule has 0 saturated carbocycles. The van der Waals surface area contributed by atoms with E-state index in [2.05, 4.69) is 5.32 Å². The van der Waals surface area contributed by atoms with Crippen molar-refractivity contribution in [3.05, 3.63) is 59.6 Å². The van der Waals surface area contributed by atoms with E-state index in [1.54, 1.807) is 42.5 Å². The number of hydrogen-bond acceptors (Lipinski definition) is 3. The highest BCUT2D eigenvalue weighted by molar-refractivity contribution is 7.92. The summed E-state index contributed by atoms with van der Waals surface area (Å²) in [5.74, 6) is -0.387. The van der Waals surface area contributed by atoms with Crippen molar-refractivity contribution in [3.8, 4) is 0 Å². The van der Waals surface area contributed by atoms with Crippen molar-refractivity contribution in [1.29, 1.82) is 0 Å². The first-order chi connectivity index (χ1) is 11.6. The third kappa shape index (κ3) is 5.21. The second-order valence-corrected chi connectivity index (χ2v) is 8.90. The van der Waals surface area contributed by atoms with E-state index in [0.29, 0.717) is 10.7 Å². The Morgan fingerprint density at radius 2 is 1.60 bits per heavy atom. The number of benzene rings is 2. The first-order valence-electron chi connectivity index (χ1n) is 7.74. The van der Waals surface area contributed by atoms with Crippen molar-refractivity contribution >= 4 is 33.2 Å². The van der Waals surface area contributed by atoms with Gasteiger partial charge in [-0.25, -0.2) is 8.42 Å². The standard InChI is InChI=1S/C18H21ClN2O3S/c1-18(2,3)20-17(22)13-21(15-11-9-14(19)10-12-15)25(23,24)16-7-5-4-6-8-16/h4-12H,13H2,1-3H3,(H,20,22). The first kappa shape index (κ1) is 19.3. The normalized spacial score (nSPS) is 11.8. The van der Waals surface area contributed by atoms with Crippen LogP contribution in [0.5, 0.6) is 0 Å². The Morgan fingerprint density at radius 3 is 2.12 bits per heavy atom. The number of nitrogens with zero attached hydrogens (tertiary/aromatic N) is 1. The molecule has 134 valence electrons. The zero-order valence-corrected chi connectivity index (χ0v) is 15.9. The fourth-order valence-corrected chi connectivity index (χ4v) is 3.80. The van der Waals surface area contributed by atoms with E-state index in [9.17, 15) is 13.2 Å². The van der Waals surface area contributed by atoms with Gasteiger partial charge in [-0.1, -0.05) is 29.8 Å². The van der Waals surface area contributed by atoms with Crippen molar-refractivity contribution in [2.75, 3.05) is 10.8 Å². The molecule has 0 aromatic heterocycles. The highest BCUT2D eigenvalue weighted by atomic mass is 35.5. The summed E-state index contributed by atoms with van der Waals surface area (Å²) in [5.41, 5.74) is -0.0866. The summed E-state index contributed by atoms with van der Waals surface area (Å²) in [4.78, 5) is 12.5. The Kier molecular flexibility index (Phi) is 5.75. The van der Waals surface area contributed by atoms with E-state index in [-0.39, 0.29) is 17.3 Å². The quantitative estimate of drug-likeness (QED) is 0.863. The molecule has 0 aliphatic rings. The Bertz CT molecular complexity index is 829. The molecule has 0 aliphatic heterocycles. The highest BCUT2D eigenvalue weighted by Crippen LogP contribution is 2.25. The van der Waals surface area contributed by atoms with Gasteiger partial charge in [0, 0.05) is 10.6 Å². The lowest BCUT2D eigenvalue weighted by atomic mass is 10.1. The van der Waals surface area contributed by atoms with Gasteiger partial charge < -0.3 is 5.32 Å². The van der Waals surface area contributed by atoms with Crippen LogP contribution in [0.15, 0.2) is 59.5 Å². The number of halogens is 1. The monoisotopic (exact) mass is 380 g/mol. The second-order valence-electron chi connectivity index (χ2n) is 6.60. The minimum atomic E-state index is -3.89. The number of nitrogens with one attached hydrogen (secondary N) is 1. The number of rotatable bonds is 5. The van der Waals surface area contributed by atoms with Crippen molar-refractivity contribution in [2.45, 2.75) is 31.2 Å². The van der Waals surface area contributed by atoms with Crippen molar-refractivity contribution in [3.63, 3.8) is 0 Å². The summed E-state index contributed by atoms with van der Waals surface area (Å²) >= 11 is 5.89. The highest BCUT2D eigenvalue weighted by Gasteiger charge is 2.28. The number of sulfonamides is 1. The predicted octanol–water partition coefficient (Wildman–Crippen LogP) is 3.45. The molecule has 0 saturated heterocycles. The molecule has 0 fully saturated rings. The smallest absolute Gasteiger partial charge is 0.264 e. The molecule has 0 bridgehead atoms. The van der Waals surface area contributed by atoms with Crippen LogP contribution in [0.3, 0.4) is 0 Å². The van der Waals surface area contributed by atoms with Gasteiger partial charge in [-0.2, -0.15) is 0 Å². The molecule has 1 N–H and O–H groups in total. The lowest BCUT2D eigenvalue weighted by Crippen LogP contribution is -2.47. The molecular weight excluding hydrogens is 360 g/mol. The Balaban J connectivity index is 2.42. The second kappa shape index (κ2) is 7.45. The molecule has 25 heavy (non-hydrogen) atoms. The lowest BCUT2D eigenvalue weighted by molar-refractivity contribution is -0.121. The van der Waals surface area contributed by atoms with Gasteiger partial charge in [0.1, 0.15) is 6.54 Å². The molecule has 0 radical (unpaired) electrons. The van der Waals surface area contributed by atoms with Crippen molar-refractivity contribution in [1.82, 2.24) is 5.32 Å². The number of carbonyl (C=O) groups excluding carboxylic acids is 1. The van der Waals surface area contributed by atoms with E-state index in [4.69, 9.17) is 11.6 Å². The molecule has 0 spiro atoms. The SMILES string of the molecule is CC(C)(C)NC(=O)CN(c1ccc(Cl)cc1)S(=O)(=O)c1ccccc1. The van der Waals surface area contributed by atoms with Crippen LogP contribution < -0.4 is 9.62 Å². The van der Waals surface area contributed by atoms with Crippen molar-refractivity contribution in [2.24, 2.45) is 0 Å². The van der Waals surface area contributed by atoms with Crippen LogP contribution in [0.2, 0.25) is 5.02 Å². The summed E-state index contributed by atoms with van der Waals surface area (Å²) in [6, 6.07) is 14.3. The third-order valence-electron chi connectivity index (χ3n) is 3.25. The van der Waals surface area contributed by atoms with Gasteiger partial charge in [-0.15, -0.1) is 0 Å². The number of hydrogen-bond donors (Lipinski definition) is 1. The maximum absolute atomic E-state index is 13.0. The van der Waals surface area contributed by atoms with E-state index in [1.165, 1.54) is 12.1 Å². The van der Waals surface area contributed by atoms with Crippen LogP contribution in [0, 0.1) is 0 Å². The predicted molar refractivity (Wildman–Crippen MR) is 100 cm³/mol. The molecule has 0 atom stereocenters. The maximum atomic E-state index is 13.0. The van der Waals surface area contributed by atoms with Gasteiger partial charge in [0.05, 0.1) is 10.6 Å². The summed E-state index contributed by atoms with van der Waals surface area (Å²) in [6.07, 6.45) is 0. The van der Waals surface area contributed by atoms with Gasteiger partial charge in [-0.05, 0) is 57.2 Å². The number of carbonyl (C=O) groups is 1. The van der Waals surface area contributed by atoms with Crippen LogP contribution in [-0.2, 0) is 14.8 Å². The van der Waals surface area contributed by atoms with Crippen LogP contribution in [-0.4, -0.2) is 26.4 Å². The zero-order chi connectivity index (χ0) is 18.7. The average molecular weight is 381 g/mol. The maximum Gasteiger partial charge on any atom is 0.264 e. The van der Waals surface area contributed by atoms with Crippen LogP contribution in [0.4, 0.5) is 5.69 Å². The number of anilines is 1. The molecule has 7 heteroatoms. The molecule has 2 rings (SSSR count). The minimum Gasteiger partial charge on any atom is -0.350 e. The largest absolute Gasteiger partial charge is 0.350 e. The first-order valence-corrected chi connectivity index (χ1v) is 9.56. The summed E-state index contributed by atoms with van der Waals surface area (Å²) in [6.45, 7) is 5.19. The Hall–Kier alpha value is -2.05. The summed E-state index contributed by atoms with van der Waals surface area (Å²) in [5, 5.41) is 3.27. The molecule has 2 aromatic carbocycles. The average Bonchev–Trinajstić information content (AvgIpc) is 2.53. The van der Waals surface area contributed by atoms with E-state index < -0.39 is 15.6 Å². The summed E-state index contributed by atoms with van der Waals surface area (Å²) in [7, 11) is -3.89. The van der Waals surface area contributed by atoms with Crippen LogP contribution in [0.25, 0.3) is 0 Å². The molecular formula is C18H21ClN2O3S. The van der Waals surface area contributed by atoms with Crippen molar-refractivity contribution < 1.29 is 13.2 Å². The fourth-order valence-electron chi connectivity index (χ4n) is 2.23. The third-order valence-corrected chi connectivity index (χ3v) is 5.29. The molecule has 1 amide bonds. The topological polar surface area (TPSA) is 66.5 Å². The molecule has 2 aromatic rings. The van der Waals surface area contributed by atoms with Gasteiger partial charge in [0.25, 0.3) is 10.0 Å². The zero-order valence-electron chi connectivity index (χ0n) is 14.4. The van der Waals surface area contributed by atoms with E-state index in [0.717, 1.165) is 4.31 Å². The Morgan fingerprint density at radius 1 is 1.04 bits per heavy atom. The lowest BCUT2D eigenvalue weighted by Gasteiger charge is -2.27. The van der Waals surface area contributed by atoms with E-state index >= 15 is 0 Å². The van der Waals surface area contributed by atoms with Gasteiger partial charge >= 0.3 is 0 Å². The number of amides is 1. The molecule has 5 nitrogen and oxygen atoms in total. The Labute approximate surface area is 153 Å². The minimum absolute atomic E-state index is 0.119. The van der Waals surface area contributed by atoms with Crippen LogP contribution >= 0.6 is 11.6 Å². The van der Waals surface area contributed by atoms with E-state index in [1.807, 2.05) is 20.8 Å². The van der Waals surface area contributed by atoms with Gasteiger partial charge in [0.2, 0.25) is 5.91 Å². The molecule has 0 unspecified atom stereocenters. The van der Waals surface area contributed by atoms with Crippen LogP contribution in [0.1, 0.15) is 20.8 Å². The van der Waals surface area contributed by atoms with Gasteiger partial charge in [-0.3, -0.25) is 9.10 Å².